The fourth-order valence-electron chi connectivity index (χ4n) is 0.913. The second-order valence-corrected chi connectivity index (χ2v) is 3.68. The molecule has 86 valence electrons. The third-order valence-corrected chi connectivity index (χ3v) is 2.24. The first-order chi connectivity index (χ1) is 7.49. The topological polar surface area (TPSA) is 78.4 Å². The average Bonchev–Trinajstić information content (AvgIpc) is 2.19. The second kappa shape index (κ2) is 5.45. The zero-order chi connectivity index (χ0) is 12.1. The van der Waals surface area contributed by atoms with E-state index in [4.69, 9.17) is 5.11 Å². The molecule has 3 N–H and O–H groups in total. The van der Waals surface area contributed by atoms with E-state index < -0.39 is 24.4 Å². The minimum absolute atomic E-state index is 0.351. The first kappa shape index (κ1) is 12.4. The summed E-state index contributed by atoms with van der Waals surface area (Å²) in [7, 11) is 0. The van der Waals surface area contributed by atoms with Crippen molar-refractivity contribution in [1.29, 1.82) is 0 Å². The molecule has 0 radical (unpaired) electrons. The Morgan fingerprint density at radius 2 is 2.12 bits per heavy atom. The highest BCUT2D eigenvalue weighted by molar-refractivity contribution is 9.10. The lowest BCUT2D eigenvalue weighted by Gasteiger charge is -2.07. The molecule has 0 saturated carbocycles. The number of carboxylic acid groups (broad SMARTS) is 1. The van der Waals surface area contributed by atoms with Crippen LogP contribution in [0.3, 0.4) is 0 Å². The van der Waals surface area contributed by atoms with Gasteiger partial charge in [-0.3, -0.25) is 4.79 Å². The molecule has 0 saturated heterocycles. The van der Waals surface area contributed by atoms with Gasteiger partial charge in [-0.15, -0.1) is 0 Å². The van der Waals surface area contributed by atoms with Crippen molar-refractivity contribution in [2.24, 2.45) is 0 Å². The van der Waals surface area contributed by atoms with Crippen molar-refractivity contribution < 1.29 is 19.1 Å². The van der Waals surface area contributed by atoms with Crippen molar-refractivity contribution in [2.45, 2.75) is 0 Å². The van der Waals surface area contributed by atoms with Crippen LogP contribution in [0.1, 0.15) is 0 Å². The molecule has 0 atom stereocenters. The van der Waals surface area contributed by atoms with E-state index in [2.05, 4.69) is 26.6 Å². The van der Waals surface area contributed by atoms with Crippen molar-refractivity contribution in [3.63, 3.8) is 0 Å². The number of hydrogen-bond acceptors (Lipinski definition) is 2. The van der Waals surface area contributed by atoms with E-state index in [9.17, 15) is 14.0 Å². The number of urea groups is 1. The molecule has 0 aliphatic heterocycles. The Hall–Kier alpha value is -1.63. The molecule has 0 heterocycles. The van der Waals surface area contributed by atoms with Crippen LogP contribution in [0.2, 0.25) is 0 Å². The Balaban J connectivity index is 2.59. The summed E-state index contributed by atoms with van der Waals surface area (Å²) in [6.45, 7) is -0.482. The quantitative estimate of drug-likeness (QED) is 0.794. The maximum Gasteiger partial charge on any atom is 0.323 e. The lowest BCUT2D eigenvalue weighted by atomic mass is 10.3. The van der Waals surface area contributed by atoms with Crippen LogP contribution < -0.4 is 10.6 Å². The van der Waals surface area contributed by atoms with Gasteiger partial charge in [-0.1, -0.05) is 0 Å². The van der Waals surface area contributed by atoms with E-state index in [1.54, 1.807) is 0 Å². The van der Waals surface area contributed by atoms with Crippen LogP contribution in [0, 0.1) is 5.82 Å². The highest BCUT2D eigenvalue weighted by Gasteiger charge is 2.06. The zero-order valence-electron chi connectivity index (χ0n) is 7.96. The Kier molecular flexibility index (Phi) is 4.24. The SMILES string of the molecule is O=C(O)CNC(=O)Nc1ccc(F)cc1Br. The molecule has 0 unspecified atom stereocenters. The highest BCUT2D eigenvalue weighted by atomic mass is 79.9. The van der Waals surface area contributed by atoms with Crippen LogP contribution in [0.4, 0.5) is 14.9 Å². The third-order valence-electron chi connectivity index (χ3n) is 1.58. The number of carbonyl (C=O) groups is 2. The fourth-order valence-corrected chi connectivity index (χ4v) is 1.36. The first-order valence-electron chi connectivity index (χ1n) is 4.20. The lowest BCUT2D eigenvalue weighted by Crippen LogP contribution is -2.33. The van der Waals surface area contributed by atoms with Gasteiger partial charge in [-0.25, -0.2) is 9.18 Å². The number of rotatable bonds is 3. The smallest absolute Gasteiger partial charge is 0.323 e. The van der Waals surface area contributed by atoms with Gasteiger partial charge in [-0.05, 0) is 34.1 Å². The summed E-state index contributed by atoms with van der Waals surface area (Å²) < 4.78 is 13.1. The molecule has 0 bridgehead atoms. The van der Waals surface area contributed by atoms with Crippen LogP contribution in [0.15, 0.2) is 22.7 Å². The molecule has 1 aromatic carbocycles. The molecule has 0 fully saturated rings. The molecular weight excluding hydrogens is 283 g/mol. The average molecular weight is 291 g/mol. The van der Waals surface area contributed by atoms with Crippen LogP contribution in [-0.4, -0.2) is 23.7 Å². The molecule has 1 aromatic rings. The van der Waals surface area contributed by atoms with Gasteiger partial charge in [0.15, 0.2) is 0 Å². The number of anilines is 1. The molecule has 0 aliphatic carbocycles. The van der Waals surface area contributed by atoms with Gasteiger partial charge in [0.2, 0.25) is 0 Å². The predicted molar refractivity (Wildman–Crippen MR) is 58.8 cm³/mol. The standard InChI is InChI=1S/C9H8BrFN2O3/c10-6-3-5(11)1-2-7(6)13-9(16)12-4-8(14)15/h1-3H,4H2,(H,14,15)(H2,12,13,16). The van der Waals surface area contributed by atoms with Crippen molar-refractivity contribution in [1.82, 2.24) is 5.32 Å². The van der Waals surface area contributed by atoms with E-state index in [1.807, 2.05) is 0 Å². The van der Waals surface area contributed by atoms with Gasteiger partial charge >= 0.3 is 12.0 Å². The van der Waals surface area contributed by atoms with Gasteiger partial charge in [-0.2, -0.15) is 0 Å². The second-order valence-electron chi connectivity index (χ2n) is 2.83. The van der Waals surface area contributed by atoms with Gasteiger partial charge < -0.3 is 15.7 Å². The first-order valence-corrected chi connectivity index (χ1v) is 5.00. The van der Waals surface area contributed by atoms with E-state index in [-0.39, 0.29) is 0 Å². The summed E-state index contributed by atoms with van der Waals surface area (Å²) in [5, 5.41) is 12.8. The van der Waals surface area contributed by atoms with Gasteiger partial charge in [0.25, 0.3) is 0 Å². The van der Waals surface area contributed by atoms with Crippen LogP contribution in [0.5, 0.6) is 0 Å². The summed E-state index contributed by atoms with van der Waals surface area (Å²) in [6, 6.07) is 3.05. The van der Waals surface area contributed by atoms with Crippen molar-refractivity contribution in [3.05, 3.63) is 28.5 Å². The van der Waals surface area contributed by atoms with Crippen molar-refractivity contribution >= 4 is 33.6 Å². The fraction of sp³-hybridized carbons (Fsp3) is 0.111. The normalized spacial score (nSPS) is 9.62. The van der Waals surface area contributed by atoms with E-state index in [0.29, 0.717) is 10.2 Å². The molecule has 0 aromatic heterocycles. The highest BCUT2D eigenvalue weighted by Crippen LogP contribution is 2.22. The number of benzene rings is 1. The molecular formula is C9H8BrFN2O3. The third kappa shape index (κ3) is 3.85. The monoisotopic (exact) mass is 290 g/mol. The maximum absolute atomic E-state index is 12.7. The molecule has 2 amide bonds. The Morgan fingerprint density at radius 1 is 1.44 bits per heavy atom. The summed E-state index contributed by atoms with van der Waals surface area (Å²) in [5.74, 6) is -1.59. The van der Waals surface area contributed by atoms with Crippen molar-refractivity contribution in [3.8, 4) is 0 Å². The number of hydrogen-bond donors (Lipinski definition) is 3. The number of carbonyl (C=O) groups excluding carboxylic acids is 1. The zero-order valence-corrected chi connectivity index (χ0v) is 9.54. The Morgan fingerprint density at radius 3 is 2.69 bits per heavy atom. The minimum atomic E-state index is -1.15. The molecule has 16 heavy (non-hydrogen) atoms. The van der Waals surface area contributed by atoms with E-state index in [1.165, 1.54) is 18.2 Å². The van der Waals surface area contributed by atoms with Gasteiger partial charge in [0.1, 0.15) is 12.4 Å². The number of halogens is 2. The molecule has 0 spiro atoms. The van der Waals surface area contributed by atoms with Crippen LogP contribution in [0.25, 0.3) is 0 Å². The van der Waals surface area contributed by atoms with Gasteiger partial charge in [0.05, 0.1) is 5.69 Å². The number of aliphatic carboxylic acids is 1. The van der Waals surface area contributed by atoms with E-state index >= 15 is 0 Å². The van der Waals surface area contributed by atoms with Crippen LogP contribution in [-0.2, 0) is 4.79 Å². The summed E-state index contributed by atoms with van der Waals surface area (Å²) in [5.41, 5.74) is 0.351. The van der Waals surface area contributed by atoms with Crippen LogP contribution >= 0.6 is 15.9 Å². The number of amides is 2. The summed E-state index contributed by atoms with van der Waals surface area (Å²) in [4.78, 5) is 21.3. The minimum Gasteiger partial charge on any atom is -0.480 e. The molecule has 1 rings (SSSR count). The molecule has 5 nitrogen and oxygen atoms in total. The lowest BCUT2D eigenvalue weighted by molar-refractivity contribution is -0.135. The summed E-state index contributed by atoms with van der Waals surface area (Å²) in [6.07, 6.45) is 0. The number of nitrogens with one attached hydrogen (secondary N) is 2. The number of carboxylic acids is 1. The Bertz CT molecular complexity index is 425. The summed E-state index contributed by atoms with van der Waals surface area (Å²) >= 11 is 3.06. The maximum atomic E-state index is 12.7. The molecule has 0 aliphatic rings. The van der Waals surface area contributed by atoms with E-state index in [0.717, 1.165) is 0 Å². The predicted octanol–water partition coefficient (Wildman–Crippen LogP) is 1.79. The molecule has 7 heteroatoms. The largest absolute Gasteiger partial charge is 0.480 e. The Labute approximate surface area is 98.8 Å². The van der Waals surface area contributed by atoms with Crippen molar-refractivity contribution in [2.75, 3.05) is 11.9 Å². The van der Waals surface area contributed by atoms with Gasteiger partial charge in [0, 0.05) is 4.47 Å².